The van der Waals surface area contributed by atoms with Crippen LogP contribution in [-0.4, -0.2) is 18.9 Å². The maximum absolute atomic E-state index is 5.43. The lowest BCUT2D eigenvalue weighted by molar-refractivity contribution is 0.0495. The monoisotopic (exact) mass is 195 g/mol. The smallest absolute Gasteiger partial charge is 0.188 e. The summed E-state index contributed by atoms with van der Waals surface area (Å²) in [6.45, 7) is 6.68. The lowest BCUT2D eigenvalue weighted by Gasteiger charge is -2.21. The van der Waals surface area contributed by atoms with Crippen molar-refractivity contribution >= 4 is 0 Å². The molecule has 0 bridgehead atoms. The van der Waals surface area contributed by atoms with Crippen molar-refractivity contribution in [1.29, 1.82) is 0 Å². The maximum atomic E-state index is 5.43. The van der Waals surface area contributed by atoms with Gasteiger partial charge in [0.15, 0.2) is 6.79 Å². The lowest BCUT2D eigenvalue weighted by Crippen LogP contribution is -2.14. The third-order valence-corrected chi connectivity index (χ3v) is 1.92. The van der Waals surface area contributed by atoms with Gasteiger partial charge in [-0.05, 0) is 11.5 Å². The van der Waals surface area contributed by atoms with Crippen LogP contribution in [-0.2, 0) is 10.2 Å². The van der Waals surface area contributed by atoms with E-state index in [1.54, 1.807) is 19.5 Å². The fourth-order valence-corrected chi connectivity index (χ4v) is 1.24. The van der Waals surface area contributed by atoms with E-state index in [0.29, 0.717) is 0 Å². The molecule has 3 nitrogen and oxygen atoms in total. The molecule has 0 unspecified atom stereocenters. The van der Waals surface area contributed by atoms with Gasteiger partial charge >= 0.3 is 0 Å². The van der Waals surface area contributed by atoms with Crippen molar-refractivity contribution < 1.29 is 9.47 Å². The summed E-state index contributed by atoms with van der Waals surface area (Å²) in [5.74, 6) is 0.793. The second-order valence-corrected chi connectivity index (χ2v) is 4.17. The summed E-state index contributed by atoms with van der Waals surface area (Å²) in [5, 5.41) is 0. The zero-order valence-electron chi connectivity index (χ0n) is 9.20. The number of rotatable bonds is 3. The molecular weight excluding hydrogens is 178 g/mol. The van der Waals surface area contributed by atoms with Gasteiger partial charge in [-0.1, -0.05) is 20.8 Å². The van der Waals surface area contributed by atoms with Crippen LogP contribution in [0.25, 0.3) is 0 Å². The van der Waals surface area contributed by atoms with Gasteiger partial charge in [0.25, 0.3) is 0 Å². The predicted molar refractivity (Wildman–Crippen MR) is 55.4 cm³/mol. The van der Waals surface area contributed by atoms with Crippen LogP contribution < -0.4 is 4.74 Å². The quantitative estimate of drug-likeness (QED) is 0.694. The zero-order valence-corrected chi connectivity index (χ0v) is 9.20. The van der Waals surface area contributed by atoms with Gasteiger partial charge in [0.05, 0.1) is 6.20 Å². The number of hydrogen-bond donors (Lipinski definition) is 0. The molecule has 0 spiro atoms. The van der Waals surface area contributed by atoms with Gasteiger partial charge in [-0.25, -0.2) is 0 Å². The Bertz CT molecular complexity index is 292. The first-order valence-electron chi connectivity index (χ1n) is 4.62. The highest BCUT2D eigenvalue weighted by Crippen LogP contribution is 2.29. The van der Waals surface area contributed by atoms with Gasteiger partial charge in [-0.2, -0.15) is 0 Å². The van der Waals surface area contributed by atoms with Gasteiger partial charge in [-0.15, -0.1) is 0 Å². The Morgan fingerprint density at radius 3 is 2.64 bits per heavy atom. The summed E-state index contributed by atoms with van der Waals surface area (Å²) in [6, 6.07) is 1.98. The van der Waals surface area contributed by atoms with Crippen LogP contribution >= 0.6 is 0 Å². The first-order chi connectivity index (χ1) is 6.55. The molecule has 1 aromatic heterocycles. The molecule has 0 radical (unpaired) electrons. The van der Waals surface area contributed by atoms with Crippen molar-refractivity contribution in [1.82, 2.24) is 4.98 Å². The molecule has 1 heterocycles. The predicted octanol–water partition coefficient (Wildman–Crippen LogP) is 2.36. The number of pyridine rings is 1. The molecule has 0 aliphatic heterocycles. The van der Waals surface area contributed by atoms with Gasteiger partial charge in [0, 0.05) is 18.9 Å². The summed E-state index contributed by atoms with van der Waals surface area (Å²) in [7, 11) is 1.60. The Labute approximate surface area is 85.1 Å². The third kappa shape index (κ3) is 2.70. The molecule has 0 N–H and O–H groups in total. The van der Waals surface area contributed by atoms with Crippen LogP contribution in [0.5, 0.6) is 5.75 Å². The largest absolute Gasteiger partial charge is 0.466 e. The summed E-state index contributed by atoms with van der Waals surface area (Å²) < 4.78 is 10.3. The van der Waals surface area contributed by atoms with Gasteiger partial charge in [0.1, 0.15) is 5.75 Å². The number of aromatic nitrogens is 1. The zero-order chi connectivity index (χ0) is 10.6. The van der Waals surface area contributed by atoms with Crippen LogP contribution in [0.15, 0.2) is 18.5 Å². The highest BCUT2D eigenvalue weighted by atomic mass is 16.7. The van der Waals surface area contributed by atoms with E-state index in [-0.39, 0.29) is 12.2 Å². The maximum Gasteiger partial charge on any atom is 0.188 e. The van der Waals surface area contributed by atoms with Gasteiger partial charge in [0.2, 0.25) is 0 Å². The molecule has 0 aromatic carbocycles. The van der Waals surface area contributed by atoms with Crippen LogP contribution in [0, 0.1) is 0 Å². The Balaban J connectivity index is 2.92. The van der Waals surface area contributed by atoms with E-state index in [9.17, 15) is 0 Å². The normalized spacial score (nSPS) is 11.4. The van der Waals surface area contributed by atoms with E-state index in [2.05, 4.69) is 25.8 Å². The summed E-state index contributed by atoms with van der Waals surface area (Å²) in [5.41, 5.74) is 1.20. The Morgan fingerprint density at radius 1 is 1.36 bits per heavy atom. The number of ether oxygens (including phenoxy) is 2. The van der Waals surface area contributed by atoms with Crippen molar-refractivity contribution in [3.8, 4) is 5.75 Å². The summed E-state index contributed by atoms with van der Waals surface area (Å²) in [6.07, 6.45) is 3.50. The molecule has 0 atom stereocenters. The van der Waals surface area contributed by atoms with E-state index < -0.39 is 0 Å². The van der Waals surface area contributed by atoms with Crippen molar-refractivity contribution in [3.05, 3.63) is 24.0 Å². The molecule has 1 rings (SSSR count). The molecular formula is C11H17NO2. The van der Waals surface area contributed by atoms with Crippen LogP contribution in [0.2, 0.25) is 0 Å². The molecule has 1 aromatic rings. The lowest BCUT2D eigenvalue weighted by atomic mass is 9.87. The van der Waals surface area contributed by atoms with Crippen molar-refractivity contribution in [2.45, 2.75) is 26.2 Å². The molecule has 0 saturated carbocycles. The van der Waals surface area contributed by atoms with E-state index >= 15 is 0 Å². The Morgan fingerprint density at radius 2 is 2.07 bits per heavy atom. The fraction of sp³-hybridized carbons (Fsp3) is 0.545. The minimum Gasteiger partial charge on any atom is -0.466 e. The van der Waals surface area contributed by atoms with E-state index in [0.717, 1.165) is 11.3 Å². The van der Waals surface area contributed by atoms with Gasteiger partial charge < -0.3 is 9.47 Å². The topological polar surface area (TPSA) is 31.4 Å². The van der Waals surface area contributed by atoms with Crippen molar-refractivity contribution in [2.24, 2.45) is 0 Å². The highest BCUT2D eigenvalue weighted by molar-refractivity contribution is 5.35. The first-order valence-corrected chi connectivity index (χ1v) is 4.62. The minimum absolute atomic E-state index is 0.0615. The third-order valence-electron chi connectivity index (χ3n) is 1.92. The van der Waals surface area contributed by atoms with E-state index in [4.69, 9.17) is 9.47 Å². The average molecular weight is 195 g/mol. The number of methoxy groups -OCH3 is 1. The highest BCUT2D eigenvalue weighted by Gasteiger charge is 2.18. The molecule has 0 aliphatic carbocycles. The summed E-state index contributed by atoms with van der Waals surface area (Å²) >= 11 is 0. The second-order valence-electron chi connectivity index (χ2n) is 4.17. The number of hydrogen-bond acceptors (Lipinski definition) is 3. The molecule has 14 heavy (non-hydrogen) atoms. The molecule has 0 fully saturated rings. The Kier molecular flexibility index (Phi) is 3.47. The fourth-order valence-electron chi connectivity index (χ4n) is 1.24. The number of nitrogens with zero attached hydrogens (tertiary/aromatic N) is 1. The standard InChI is InChI=1S/C11H17NO2/c1-11(2,3)9-5-6-12-7-10(9)14-8-13-4/h5-7H,8H2,1-4H3. The second kappa shape index (κ2) is 4.42. The van der Waals surface area contributed by atoms with Gasteiger partial charge in [-0.3, -0.25) is 4.98 Å². The van der Waals surface area contributed by atoms with Crippen LogP contribution in [0.1, 0.15) is 26.3 Å². The minimum atomic E-state index is 0.0615. The Hall–Kier alpha value is -1.09. The molecule has 0 amide bonds. The molecule has 78 valence electrons. The first kappa shape index (κ1) is 11.0. The SMILES string of the molecule is COCOc1cnccc1C(C)(C)C. The molecule has 3 heteroatoms. The summed E-state index contributed by atoms with van der Waals surface area (Å²) in [4.78, 5) is 4.03. The molecule has 0 aliphatic rings. The van der Waals surface area contributed by atoms with Crippen LogP contribution in [0.4, 0.5) is 0 Å². The van der Waals surface area contributed by atoms with Crippen LogP contribution in [0.3, 0.4) is 0 Å². The van der Waals surface area contributed by atoms with E-state index in [1.165, 1.54) is 0 Å². The van der Waals surface area contributed by atoms with Crippen molar-refractivity contribution in [2.75, 3.05) is 13.9 Å². The van der Waals surface area contributed by atoms with Crippen molar-refractivity contribution in [3.63, 3.8) is 0 Å². The van der Waals surface area contributed by atoms with E-state index in [1.807, 2.05) is 6.07 Å². The average Bonchev–Trinajstić information content (AvgIpc) is 2.14. The molecule has 0 saturated heterocycles.